The number of nitrogens with two attached hydrogens (primary N) is 1. The normalized spacial score (nSPS) is 10.7. The Balaban J connectivity index is 2.09. The second kappa shape index (κ2) is 5.47. The molecule has 7 nitrogen and oxygen atoms in total. The summed E-state index contributed by atoms with van der Waals surface area (Å²) in [5, 5.41) is 14.7. The molecule has 0 spiro atoms. The maximum Gasteiger partial charge on any atom is 0.243 e. The van der Waals surface area contributed by atoms with Gasteiger partial charge in [0.1, 0.15) is 6.54 Å². The second-order valence-electron chi connectivity index (χ2n) is 4.49. The number of nitrogens with one attached hydrogen (secondary N) is 1. The minimum atomic E-state index is -0.147. The Morgan fingerprint density at radius 1 is 1.47 bits per heavy atom. The molecule has 7 heteroatoms. The first-order chi connectivity index (χ1) is 9.04. The number of nitrogens with zero attached hydrogens (tertiary/aromatic N) is 4. The van der Waals surface area contributed by atoms with Crippen LogP contribution in [0.3, 0.4) is 0 Å². The SMILES string of the molecule is CC(C)NC(=O)Cn1nnc(-c2cccc(N)c2)n1. The number of nitrogen functional groups attached to an aromatic ring is 1. The molecule has 1 heterocycles. The van der Waals surface area contributed by atoms with E-state index in [0.717, 1.165) is 5.56 Å². The molecule has 2 rings (SSSR count). The average Bonchev–Trinajstić information content (AvgIpc) is 2.76. The van der Waals surface area contributed by atoms with Crippen molar-refractivity contribution in [3.8, 4) is 11.4 Å². The van der Waals surface area contributed by atoms with Crippen molar-refractivity contribution in [2.75, 3.05) is 5.73 Å². The van der Waals surface area contributed by atoms with Gasteiger partial charge in [-0.1, -0.05) is 12.1 Å². The zero-order chi connectivity index (χ0) is 13.8. The zero-order valence-electron chi connectivity index (χ0n) is 10.9. The third-order valence-corrected chi connectivity index (χ3v) is 2.33. The van der Waals surface area contributed by atoms with E-state index in [-0.39, 0.29) is 18.5 Å². The first-order valence-corrected chi connectivity index (χ1v) is 5.97. The number of hydrogen-bond acceptors (Lipinski definition) is 5. The molecule has 2 aromatic rings. The van der Waals surface area contributed by atoms with Gasteiger partial charge < -0.3 is 11.1 Å². The molecule has 19 heavy (non-hydrogen) atoms. The Labute approximate surface area is 110 Å². The van der Waals surface area contributed by atoms with Gasteiger partial charge in [-0.3, -0.25) is 4.79 Å². The Bertz CT molecular complexity index is 577. The molecule has 100 valence electrons. The van der Waals surface area contributed by atoms with E-state index < -0.39 is 0 Å². The van der Waals surface area contributed by atoms with Crippen LogP contribution in [0.15, 0.2) is 24.3 Å². The number of anilines is 1. The first-order valence-electron chi connectivity index (χ1n) is 5.97. The van der Waals surface area contributed by atoms with Crippen LogP contribution in [0, 0.1) is 0 Å². The fourth-order valence-corrected chi connectivity index (χ4v) is 1.60. The standard InChI is InChI=1S/C12H16N6O/c1-8(2)14-11(19)7-18-16-12(15-17-18)9-4-3-5-10(13)6-9/h3-6,8H,7,13H2,1-2H3,(H,14,19). The molecular formula is C12H16N6O. The Kier molecular flexibility index (Phi) is 3.74. The number of amides is 1. The summed E-state index contributed by atoms with van der Waals surface area (Å²) in [4.78, 5) is 12.8. The molecule has 0 aliphatic heterocycles. The van der Waals surface area contributed by atoms with Crippen molar-refractivity contribution in [1.82, 2.24) is 25.5 Å². The van der Waals surface area contributed by atoms with Gasteiger partial charge in [0.05, 0.1) is 0 Å². The van der Waals surface area contributed by atoms with E-state index in [0.29, 0.717) is 11.5 Å². The quantitative estimate of drug-likeness (QED) is 0.777. The van der Waals surface area contributed by atoms with E-state index in [1.54, 1.807) is 12.1 Å². The van der Waals surface area contributed by atoms with Crippen molar-refractivity contribution < 1.29 is 4.79 Å². The zero-order valence-corrected chi connectivity index (χ0v) is 10.9. The van der Waals surface area contributed by atoms with E-state index in [1.165, 1.54) is 4.80 Å². The van der Waals surface area contributed by atoms with Crippen molar-refractivity contribution >= 4 is 11.6 Å². The van der Waals surface area contributed by atoms with E-state index in [2.05, 4.69) is 20.7 Å². The number of rotatable bonds is 4. The molecule has 1 aromatic heterocycles. The molecule has 0 atom stereocenters. The number of benzene rings is 1. The van der Waals surface area contributed by atoms with Gasteiger partial charge in [0, 0.05) is 17.3 Å². The molecule has 0 fully saturated rings. The average molecular weight is 260 g/mol. The Morgan fingerprint density at radius 3 is 2.95 bits per heavy atom. The highest BCUT2D eigenvalue weighted by Crippen LogP contribution is 2.16. The summed E-state index contributed by atoms with van der Waals surface area (Å²) >= 11 is 0. The van der Waals surface area contributed by atoms with Gasteiger partial charge in [-0.25, -0.2) is 0 Å². The first kappa shape index (κ1) is 13.0. The van der Waals surface area contributed by atoms with Crippen LogP contribution in [0.2, 0.25) is 0 Å². The van der Waals surface area contributed by atoms with Gasteiger partial charge in [-0.15, -0.1) is 10.2 Å². The minimum Gasteiger partial charge on any atom is -0.399 e. The summed E-state index contributed by atoms with van der Waals surface area (Å²) in [6.45, 7) is 3.84. The summed E-state index contributed by atoms with van der Waals surface area (Å²) < 4.78 is 0. The molecule has 0 radical (unpaired) electrons. The van der Waals surface area contributed by atoms with Crippen LogP contribution in [0.25, 0.3) is 11.4 Å². The number of aromatic nitrogens is 4. The smallest absolute Gasteiger partial charge is 0.243 e. The molecule has 0 aliphatic carbocycles. The Hall–Kier alpha value is -2.44. The van der Waals surface area contributed by atoms with Gasteiger partial charge >= 0.3 is 0 Å². The van der Waals surface area contributed by atoms with Gasteiger partial charge in [0.2, 0.25) is 11.7 Å². The van der Waals surface area contributed by atoms with Crippen LogP contribution >= 0.6 is 0 Å². The number of carbonyl (C=O) groups is 1. The predicted molar refractivity (Wildman–Crippen MR) is 70.9 cm³/mol. The third-order valence-electron chi connectivity index (χ3n) is 2.33. The van der Waals surface area contributed by atoms with Crippen LogP contribution in [0.1, 0.15) is 13.8 Å². The summed E-state index contributed by atoms with van der Waals surface area (Å²) in [7, 11) is 0. The molecule has 0 aliphatic rings. The number of hydrogen-bond donors (Lipinski definition) is 2. The van der Waals surface area contributed by atoms with Gasteiger partial charge in [0.15, 0.2) is 0 Å². The van der Waals surface area contributed by atoms with Crippen LogP contribution in [0.5, 0.6) is 0 Å². The molecule has 0 bridgehead atoms. The summed E-state index contributed by atoms with van der Waals surface area (Å²) in [6, 6.07) is 7.28. The lowest BCUT2D eigenvalue weighted by Gasteiger charge is -2.06. The summed E-state index contributed by atoms with van der Waals surface area (Å²) in [5.41, 5.74) is 7.10. The van der Waals surface area contributed by atoms with Crippen molar-refractivity contribution in [2.24, 2.45) is 0 Å². The lowest BCUT2D eigenvalue weighted by Crippen LogP contribution is -2.33. The van der Waals surface area contributed by atoms with Crippen LogP contribution < -0.4 is 11.1 Å². The molecule has 1 amide bonds. The van der Waals surface area contributed by atoms with Crippen LogP contribution in [0.4, 0.5) is 5.69 Å². The summed E-state index contributed by atoms with van der Waals surface area (Å²) in [6.07, 6.45) is 0. The van der Waals surface area contributed by atoms with Gasteiger partial charge in [0.25, 0.3) is 0 Å². The van der Waals surface area contributed by atoms with Crippen LogP contribution in [-0.4, -0.2) is 32.2 Å². The third kappa shape index (κ3) is 3.51. The highest BCUT2D eigenvalue weighted by Gasteiger charge is 2.09. The van der Waals surface area contributed by atoms with E-state index in [9.17, 15) is 4.79 Å². The lowest BCUT2D eigenvalue weighted by molar-refractivity contribution is -0.122. The monoisotopic (exact) mass is 260 g/mol. The van der Waals surface area contributed by atoms with Gasteiger partial charge in [-0.2, -0.15) is 4.80 Å². The van der Waals surface area contributed by atoms with E-state index in [4.69, 9.17) is 5.73 Å². The molecular weight excluding hydrogens is 244 g/mol. The highest BCUT2D eigenvalue weighted by atomic mass is 16.2. The minimum absolute atomic E-state index is 0.0491. The molecule has 1 aromatic carbocycles. The Morgan fingerprint density at radius 2 is 2.26 bits per heavy atom. The molecule has 0 saturated carbocycles. The van der Waals surface area contributed by atoms with E-state index >= 15 is 0 Å². The maximum absolute atomic E-state index is 11.6. The van der Waals surface area contributed by atoms with Crippen LogP contribution in [-0.2, 0) is 11.3 Å². The second-order valence-corrected chi connectivity index (χ2v) is 4.49. The highest BCUT2D eigenvalue weighted by molar-refractivity contribution is 5.75. The van der Waals surface area contributed by atoms with Crippen molar-refractivity contribution in [1.29, 1.82) is 0 Å². The predicted octanol–water partition coefficient (Wildman–Crippen LogP) is 0.447. The number of tetrazole rings is 1. The van der Waals surface area contributed by atoms with Crippen molar-refractivity contribution in [2.45, 2.75) is 26.4 Å². The number of carbonyl (C=O) groups excluding carboxylic acids is 1. The van der Waals surface area contributed by atoms with Gasteiger partial charge in [-0.05, 0) is 31.2 Å². The largest absolute Gasteiger partial charge is 0.399 e. The fraction of sp³-hybridized carbons (Fsp3) is 0.333. The molecule has 3 N–H and O–H groups in total. The van der Waals surface area contributed by atoms with Crippen molar-refractivity contribution in [3.63, 3.8) is 0 Å². The van der Waals surface area contributed by atoms with Crippen molar-refractivity contribution in [3.05, 3.63) is 24.3 Å². The fourth-order valence-electron chi connectivity index (χ4n) is 1.60. The molecule has 0 unspecified atom stereocenters. The molecule has 0 saturated heterocycles. The maximum atomic E-state index is 11.6. The van der Waals surface area contributed by atoms with E-state index in [1.807, 2.05) is 26.0 Å². The lowest BCUT2D eigenvalue weighted by atomic mass is 10.2. The summed E-state index contributed by atoms with van der Waals surface area (Å²) in [5.74, 6) is 0.302. The topological polar surface area (TPSA) is 98.7 Å².